The summed E-state index contributed by atoms with van der Waals surface area (Å²) >= 11 is 3.60. The van der Waals surface area contributed by atoms with Gasteiger partial charge in [-0.25, -0.2) is 0 Å². The quantitative estimate of drug-likeness (QED) is 0.590. The zero-order valence-corrected chi connectivity index (χ0v) is 11.6. The van der Waals surface area contributed by atoms with Gasteiger partial charge in [-0.2, -0.15) is 0 Å². The predicted octanol–water partition coefficient (Wildman–Crippen LogP) is 4.41. The van der Waals surface area contributed by atoms with Crippen molar-refractivity contribution < 1.29 is 4.74 Å². The van der Waals surface area contributed by atoms with E-state index in [4.69, 9.17) is 4.74 Å². The highest BCUT2D eigenvalue weighted by Crippen LogP contribution is 2.32. The number of benzene rings is 1. The smallest absolute Gasteiger partial charge is 0.159 e. The summed E-state index contributed by atoms with van der Waals surface area (Å²) in [6.07, 6.45) is 9.55. The van der Waals surface area contributed by atoms with E-state index in [1.807, 2.05) is 6.07 Å². The average molecular weight is 293 g/mol. The molecule has 2 rings (SSSR count). The lowest BCUT2D eigenvalue weighted by atomic mass is 9.94. The number of allylic oxidation sites excluding steroid dienone is 2. The van der Waals surface area contributed by atoms with Gasteiger partial charge in [-0.05, 0) is 40.1 Å². The largest absolute Gasteiger partial charge is 0.356 e. The number of hydrogen-bond donors (Lipinski definition) is 0. The maximum Gasteiger partial charge on any atom is 0.159 e. The van der Waals surface area contributed by atoms with Crippen molar-refractivity contribution >= 4 is 15.9 Å². The average Bonchev–Trinajstić information content (AvgIpc) is 2.38. The number of alkyl halides is 1. The van der Waals surface area contributed by atoms with E-state index in [0.29, 0.717) is 5.92 Å². The first-order chi connectivity index (χ1) is 8.23. The molecule has 1 aliphatic carbocycles. The van der Waals surface area contributed by atoms with E-state index in [-0.39, 0.29) is 0 Å². The second-order valence-corrected chi connectivity index (χ2v) is 5.44. The van der Waals surface area contributed by atoms with Crippen molar-refractivity contribution in [3.05, 3.63) is 60.2 Å². The first-order valence-electron chi connectivity index (χ1n) is 6.00. The molecule has 1 aliphatic rings. The van der Waals surface area contributed by atoms with Crippen LogP contribution in [-0.2, 0) is 4.74 Å². The fourth-order valence-corrected chi connectivity index (χ4v) is 2.31. The van der Waals surface area contributed by atoms with Crippen molar-refractivity contribution in [3.8, 4) is 0 Å². The molecule has 0 saturated heterocycles. The Bertz CT molecular complexity index is 394. The Hall–Kier alpha value is -0.860. The minimum Gasteiger partial charge on any atom is -0.356 e. The van der Waals surface area contributed by atoms with Crippen LogP contribution in [0, 0.1) is 0 Å². The summed E-state index contributed by atoms with van der Waals surface area (Å²) in [5.41, 5.74) is 1.31. The van der Waals surface area contributed by atoms with Crippen LogP contribution in [0.25, 0.3) is 0 Å². The highest BCUT2D eigenvalue weighted by molar-refractivity contribution is 9.10. The third-order valence-electron chi connectivity index (χ3n) is 2.77. The maximum absolute atomic E-state index is 5.75. The van der Waals surface area contributed by atoms with Crippen LogP contribution in [0.15, 0.2) is 54.6 Å². The monoisotopic (exact) mass is 292 g/mol. The Morgan fingerprint density at radius 1 is 1.18 bits per heavy atom. The molecule has 0 spiro atoms. The van der Waals surface area contributed by atoms with Crippen LogP contribution in [0.1, 0.15) is 24.8 Å². The van der Waals surface area contributed by atoms with Crippen molar-refractivity contribution in [1.29, 1.82) is 0 Å². The van der Waals surface area contributed by atoms with E-state index in [1.54, 1.807) is 0 Å². The summed E-state index contributed by atoms with van der Waals surface area (Å²) in [6, 6.07) is 10.5. The molecule has 2 heteroatoms. The molecular weight excluding hydrogens is 276 g/mol. The van der Waals surface area contributed by atoms with E-state index in [2.05, 4.69) is 71.4 Å². The van der Waals surface area contributed by atoms with Crippen LogP contribution in [0.2, 0.25) is 0 Å². The van der Waals surface area contributed by atoms with Crippen molar-refractivity contribution in [2.45, 2.75) is 23.8 Å². The minimum atomic E-state index is -0.408. The van der Waals surface area contributed by atoms with E-state index in [1.165, 1.54) is 5.56 Å². The summed E-state index contributed by atoms with van der Waals surface area (Å²) < 4.78 is 5.34. The van der Waals surface area contributed by atoms with Crippen LogP contribution in [0.3, 0.4) is 0 Å². The zero-order chi connectivity index (χ0) is 12.1. The highest BCUT2D eigenvalue weighted by Gasteiger charge is 2.24. The molecule has 0 atom stereocenters. The van der Waals surface area contributed by atoms with Gasteiger partial charge in [0.15, 0.2) is 4.51 Å². The molecule has 0 saturated carbocycles. The molecule has 1 aromatic rings. The topological polar surface area (TPSA) is 9.23 Å². The number of hydrogen-bond acceptors (Lipinski definition) is 1. The third-order valence-corrected chi connectivity index (χ3v) is 3.53. The van der Waals surface area contributed by atoms with Gasteiger partial charge in [0.25, 0.3) is 0 Å². The minimum absolute atomic E-state index is 0.354. The van der Waals surface area contributed by atoms with Crippen LogP contribution in [-0.4, -0.2) is 11.1 Å². The molecule has 0 aliphatic heterocycles. The summed E-state index contributed by atoms with van der Waals surface area (Å²) in [6.45, 7) is 2.87. The molecule has 0 amide bonds. The molecule has 0 fully saturated rings. The Kier molecular flexibility index (Phi) is 4.19. The molecule has 0 bridgehead atoms. The molecule has 0 heterocycles. The van der Waals surface area contributed by atoms with Gasteiger partial charge < -0.3 is 4.74 Å². The van der Waals surface area contributed by atoms with Gasteiger partial charge in [0.05, 0.1) is 0 Å². The standard InChI is InChI=1S/C15H17BrO/c1-2-12-17-15(16)10-8-14(9-11-15)13-6-4-3-5-7-13/h3-11,14H,2,12H2,1H3. The SMILES string of the molecule is CCCOC1(Br)C=CC(c2ccccc2)C=C1. The molecular formula is C15H17BrO. The Balaban J connectivity index is 2.05. The summed E-state index contributed by atoms with van der Waals surface area (Å²) in [7, 11) is 0. The van der Waals surface area contributed by atoms with Gasteiger partial charge in [-0.1, -0.05) is 49.4 Å². The van der Waals surface area contributed by atoms with E-state index in [9.17, 15) is 0 Å². The summed E-state index contributed by atoms with van der Waals surface area (Å²) in [5.74, 6) is 0.354. The van der Waals surface area contributed by atoms with Gasteiger partial charge >= 0.3 is 0 Å². The zero-order valence-electron chi connectivity index (χ0n) is 9.97. The molecule has 0 aromatic heterocycles. The number of ether oxygens (including phenoxy) is 1. The van der Waals surface area contributed by atoms with Crippen LogP contribution in [0.5, 0.6) is 0 Å². The van der Waals surface area contributed by atoms with Crippen molar-refractivity contribution in [2.24, 2.45) is 0 Å². The summed E-state index contributed by atoms with van der Waals surface area (Å²) in [4.78, 5) is 0. The van der Waals surface area contributed by atoms with Crippen LogP contribution < -0.4 is 0 Å². The molecule has 1 aromatic carbocycles. The van der Waals surface area contributed by atoms with Crippen molar-refractivity contribution in [3.63, 3.8) is 0 Å². The summed E-state index contributed by atoms with van der Waals surface area (Å²) in [5, 5.41) is 0. The van der Waals surface area contributed by atoms with E-state index >= 15 is 0 Å². The molecule has 1 nitrogen and oxygen atoms in total. The van der Waals surface area contributed by atoms with Gasteiger partial charge in [0, 0.05) is 12.5 Å². The van der Waals surface area contributed by atoms with Crippen molar-refractivity contribution in [1.82, 2.24) is 0 Å². The molecule has 90 valence electrons. The second-order valence-electron chi connectivity index (χ2n) is 4.20. The molecule has 0 unspecified atom stereocenters. The number of halogens is 1. The fraction of sp³-hybridized carbons (Fsp3) is 0.333. The lowest BCUT2D eigenvalue weighted by Crippen LogP contribution is -2.22. The maximum atomic E-state index is 5.75. The molecule has 17 heavy (non-hydrogen) atoms. The Labute approximate surface area is 111 Å². The highest BCUT2D eigenvalue weighted by atomic mass is 79.9. The lowest BCUT2D eigenvalue weighted by Gasteiger charge is -2.25. The number of rotatable bonds is 4. The first-order valence-corrected chi connectivity index (χ1v) is 6.79. The Morgan fingerprint density at radius 2 is 1.82 bits per heavy atom. The van der Waals surface area contributed by atoms with Crippen LogP contribution in [0.4, 0.5) is 0 Å². The predicted molar refractivity (Wildman–Crippen MR) is 75.4 cm³/mol. The van der Waals surface area contributed by atoms with E-state index < -0.39 is 4.51 Å². The van der Waals surface area contributed by atoms with Crippen molar-refractivity contribution in [2.75, 3.05) is 6.61 Å². The fourth-order valence-electron chi connectivity index (χ4n) is 1.84. The molecule has 0 N–H and O–H groups in total. The van der Waals surface area contributed by atoms with Crippen LogP contribution >= 0.6 is 15.9 Å². The van der Waals surface area contributed by atoms with Gasteiger partial charge in [-0.3, -0.25) is 0 Å². The third kappa shape index (κ3) is 3.30. The Morgan fingerprint density at radius 3 is 2.41 bits per heavy atom. The first kappa shape index (κ1) is 12.6. The van der Waals surface area contributed by atoms with Gasteiger partial charge in [-0.15, -0.1) is 0 Å². The van der Waals surface area contributed by atoms with E-state index in [0.717, 1.165) is 13.0 Å². The van der Waals surface area contributed by atoms with Gasteiger partial charge in [0.2, 0.25) is 0 Å². The second kappa shape index (κ2) is 5.65. The molecule has 0 radical (unpaired) electrons. The van der Waals surface area contributed by atoms with Gasteiger partial charge in [0.1, 0.15) is 0 Å². The lowest BCUT2D eigenvalue weighted by molar-refractivity contribution is 0.0959. The normalized spacial score (nSPS) is 27.3.